The molecular weight excluding hydrogens is 138 g/mol. The second-order valence-electron chi connectivity index (χ2n) is 2.00. The Morgan fingerprint density at radius 2 is 2.18 bits per heavy atom. The van der Waals surface area contributed by atoms with Crippen molar-refractivity contribution in [2.45, 2.75) is 27.3 Å². The Morgan fingerprint density at radius 1 is 1.55 bits per heavy atom. The molecule has 0 aromatic carbocycles. The van der Waals surface area contributed by atoms with Crippen molar-refractivity contribution in [3.05, 3.63) is 17.7 Å². The number of aromatic amines is 1. The van der Waals surface area contributed by atoms with Crippen LogP contribution >= 0.6 is 0 Å². The Morgan fingerprint density at radius 3 is 2.55 bits per heavy atom. The van der Waals surface area contributed by atoms with Crippen LogP contribution in [0, 0.1) is 6.92 Å². The maximum Gasteiger partial charge on any atom is 0.0925 e. The number of hydrogen-bond donors (Lipinski definition) is 2. The maximum atomic E-state index is 4.09. The average molecular weight is 155 g/mol. The van der Waals surface area contributed by atoms with Crippen LogP contribution < -0.4 is 5.32 Å². The Labute approximate surface area is 68.2 Å². The lowest BCUT2D eigenvalue weighted by molar-refractivity contribution is 0.790. The van der Waals surface area contributed by atoms with Crippen molar-refractivity contribution in [2.75, 3.05) is 7.05 Å². The Balaban J connectivity index is 0.000000461. The monoisotopic (exact) mass is 155 g/mol. The van der Waals surface area contributed by atoms with Crippen molar-refractivity contribution in [3.63, 3.8) is 0 Å². The van der Waals surface area contributed by atoms with Gasteiger partial charge in [0.2, 0.25) is 0 Å². The third-order valence-corrected chi connectivity index (χ3v) is 1.28. The van der Waals surface area contributed by atoms with E-state index >= 15 is 0 Å². The third kappa shape index (κ3) is 3.18. The lowest BCUT2D eigenvalue weighted by Crippen LogP contribution is -2.06. The molecule has 1 heterocycles. The number of hydrogen-bond acceptors (Lipinski definition) is 2. The Hall–Kier alpha value is -0.830. The molecule has 0 aliphatic rings. The molecule has 1 aromatic heterocycles. The molecule has 1 rings (SSSR count). The highest BCUT2D eigenvalue weighted by atomic mass is 14.9. The van der Waals surface area contributed by atoms with Gasteiger partial charge in [-0.05, 0) is 14.0 Å². The van der Waals surface area contributed by atoms with Gasteiger partial charge in [-0.3, -0.25) is 0 Å². The van der Waals surface area contributed by atoms with E-state index in [-0.39, 0.29) is 0 Å². The molecular formula is C8H17N3. The summed E-state index contributed by atoms with van der Waals surface area (Å²) in [6.07, 6.45) is 1.71. The molecule has 2 N–H and O–H groups in total. The molecule has 3 nitrogen and oxygen atoms in total. The average Bonchev–Trinajstić information content (AvgIpc) is 2.42. The van der Waals surface area contributed by atoms with Crippen molar-refractivity contribution >= 4 is 0 Å². The third-order valence-electron chi connectivity index (χ3n) is 1.28. The van der Waals surface area contributed by atoms with Crippen LogP contribution in [0.5, 0.6) is 0 Å². The molecule has 0 aliphatic carbocycles. The summed E-state index contributed by atoms with van der Waals surface area (Å²) in [5.41, 5.74) is 2.24. The molecule has 0 saturated carbocycles. The van der Waals surface area contributed by atoms with Gasteiger partial charge in [-0.1, -0.05) is 13.8 Å². The molecule has 0 fully saturated rings. The molecule has 11 heavy (non-hydrogen) atoms. The molecule has 0 radical (unpaired) electrons. The predicted molar refractivity (Wildman–Crippen MR) is 47.4 cm³/mol. The van der Waals surface area contributed by atoms with Crippen LogP contribution in [-0.2, 0) is 6.54 Å². The number of H-pyrrole nitrogens is 1. The van der Waals surface area contributed by atoms with Gasteiger partial charge >= 0.3 is 0 Å². The minimum Gasteiger partial charge on any atom is -0.348 e. The van der Waals surface area contributed by atoms with Gasteiger partial charge in [0, 0.05) is 12.2 Å². The minimum absolute atomic E-state index is 0.843. The van der Waals surface area contributed by atoms with Gasteiger partial charge in [0.1, 0.15) is 0 Å². The van der Waals surface area contributed by atoms with Crippen LogP contribution in [0.1, 0.15) is 25.2 Å². The second kappa shape index (κ2) is 5.92. The first-order valence-corrected chi connectivity index (χ1v) is 3.98. The zero-order valence-electron chi connectivity index (χ0n) is 7.73. The van der Waals surface area contributed by atoms with E-state index in [0.717, 1.165) is 17.9 Å². The largest absolute Gasteiger partial charge is 0.348 e. The molecule has 3 heteroatoms. The van der Waals surface area contributed by atoms with Crippen LogP contribution in [0.25, 0.3) is 0 Å². The van der Waals surface area contributed by atoms with Crippen molar-refractivity contribution < 1.29 is 0 Å². The first-order chi connectivity index (χ1) is 5.34. The number of rotatable bonds is 2. The lowest BCUT2D eigenvalue weighted by Gasteiger charge is -1.93. The van der Waals surface area contributed by atoms with Gasteiger partial charge < -0.3 is 10.3 Å². The van der Waals surface area contributed by atoms with Gasteiger partial charge in [-0.2, -0.15) is 0 Å². The smallest absolute Gasteiger partial charge is 0.0925 e. The molecule has 0 aliphatic heterocycles. The number of nitrogens with one attached hydrogen (secondary N) is 2. The highest BCUT2D eigenvalue weighted by Gasteiger charge is 1.95. The van der Waals surface area contributed by atoms with Gasteiger partial charge in [-0.15, -0.1) is 0 Å². The van der Waals surface area contributed by atoms with Crippen LogP contribution in [0.2, 0.25) is 0 Å². The molecule has 0 amide bonds. The highest BCUT2D eigenvalue weighted by molar-refractivity contribution is 5.07. The predicted octanol–water partition coefficient (Wildman–Crippen LogP) is 1.46. The lowest BCUT2D eigenvalue weighted by atomic mass is 10.3. The van der Waals surface area contributed by atoms with E-state index in [1.165, 1.54) is 0 Å². The second-order valence-corrected chi connectivity index (χ2v) is 2.00. The minimum atomic E-state index is 0.843. The number of nitrogens with zero attached hydrogens (tertiary/aromatic N) is 1. The molecule has 0 saturated heterocycles. The van der Waals surface area contributed by atoms with Gasteiger partial charge in [0.15, 0.2) is 0 Å². The fraction of sp³-hybridized carbons (Fsp3) is 0.625. The first kappa shape index (κ1) is 10.2. The van der Waals surface area contributed by atoms with E-state index in [2.05, 4.69) is 15.3 Å². The van der Waals surface area contributed by atoms with Crippen LogP contribution in [0.3, 0.4) is 0 Å². The van der Waals surface area contributed by atoms with Crippen molar-refractivity contribution in [2.24, 2.45) is 0 Å². The van der Waals surface area contributed by atoms with E-state index < -0.39 is 0 Å². The number of aromatic nitrogens is 2. The van der Waals surface area contributed by atoms with Crippen LogP contribution in [0.4, 0.5) is 0 Å². The molecule has 0 atom stereocenters. The van der Waals surface area contributed by atoms with E-state index in [9.17, 15) is 0 Å². The summed E-state index contributed by atoms with van der Waals surface area (Å²) < 4.78 is 0. The van der Waals surface area contributed by atoms with Gasteiger partial charge in [0.25, 0.3) is 0 Å². The molecule has 0 spiro atoms. The van der Waals surface area contributed by atoms with E-state index in [1.807, 2.05) is 27.8 Å². The summed E-state index contributed by atoms with van der Waals surface area (Å²) in [4.78, 5) is 7.09. The molecule has 0 bridgehead atoms. The topological polar surface area (TPSA) is 40.7 Å². The Kier molecular flexibility index (Phi) is 5.47. The van der Waals surface area contributed by atoms with Crippen molar-refractivity contribution in [3.8, 4) is 0 Å². The zero-order chi connectivity index (χ0) is 8.69. The summed E-state index contributed by atoms with van der Waals surface area (Å²) in [6, 6.07) is 0. The van der Waals surface area contributed by atoms with Crippen molar-refractivity contribution in [1.82, 2.24) is 15.3 Å². The molecule has 0 unspecified atom stereocenters. The maximum absolute atomic E-state index is 4.09. The molecule has 64 valence electrons. The van der Waals surface area contributed by atoms with E-state index in [0.29, 0.717) is 0 Å². The van der Waals surface area contributed by atoms with Gasteiger partial charge in [0.05, 0.1) is 12.0 Å². The quantitative estimate of drug-likeness (QED) is 0.679. The van der Waals surface area contributed by atoms with E-state index in [1.54, 1.807) is 6.33 Å². The Bertz CT molecular complexity index is 181. The number of aryl methyl sites for hydroxylation is 1. The standard InChI is InChI=1S/C6H11N3.C2H6/c1-5-6(3-7-2)9-4-8-5;1-2/h4,7H,3H2,1-2H3,(H,8,9);1-2H3. The SMILES string of the molecule is CC.CNCc1nc[nH]c1C. The summed E-state index contributed by atoms with van der Waals surface area (Å²) in [7, 11) is 1.91. The summed E-state index contributed by atoms with van der Waals surface area (Å²) >= 11 is 0. The summed E-state index contributed by atoms with van der Waals surface area (Å²) in [5, 5.41) is 3.03. The zero-order valence-corrected chi connectivity index (χ0v) is 7.73. The van der Waals surface area contributed by atoms with Crippen LogP contribution in [-0.4, -0.2) is 17.0 Å². The fourth-order valence-electron chi connectivity index (χ4n) is 0.733. The highest BCUT2D eigenvalue weighted by Crippen LogP contribution is 1.97. The van der Waals surface area contributed by atoms with Crippen LogP contribution in [0.15, 0.2) is 6.33 Å². The van der Waals surface area contributed by atoms with Gasteiger partial charge in [-0.25, -0.2) is 4.98 Å². The normalized spacial score (nSPS) is 8.73. The first-order valence-electron chi connectivity index (χ1n) is 3.98. The fourth-order valence-corrected chi connectivity index (χ4v) is 0.733. The summed E-state index contributed by atoms with van der Waals surface area (Å²) in [5.74, 6) is 0. The molecule has 1 aromatic rings. The number of imidazole rings is 1. The van der Waals surface area contributed by atoms with Crippen molar-refractivity contribution in [1.29, 1.82) is 0 Å². The summed E-state index contributed by atoms with van der Waals surface area (Å²) in [6.45, 7) is 6.86. The van der Waals surface area contributed by atoms with E-state index in [4.69, 9.17) is 0 Å².